The number of rotatable bonds is 15. The summed E-state index contributed by atoms with van der Waals surface area (Å²) in [6.07, 6.45) is 14.9. The maximum atomic E-state index is 13.4. The van der Waals surface area contributed by atoms with Crippen LogP contribution < -0.4 is 0 Å². The number of unbranched alkanes of at least 4 members (excludes halogenated alkanes) is 2. The fourth-order valence-electron chi connectivity index (χ4n) is 5.99. The van der Waals surface area contributed by atoms with Crippen LogP contribution in [0.1, 0.15) is 126 Å². The molecule has 0 bridgehead atoms. The SMILES string of the molecule is CC1(C)C=C(CCCCC(C)(C)CO)C(=O)C(CCC2CC(C)(C)C=C(CCCCC(C)(C)C(=O)O)C2=O)=C1. The Hall–Kier alpha value is -2.01. The topological polar surface area (TPSA) is 91.7 Å². The second-order valence-electron chi connectivity index (χ2n) is 14.9. The Kier molecular flexibility index (Phi) is 11.2. The third-order valence-corrected chi connectivity index (χ3v) is 8.52. The molecular weight excluding hydrogens is 488 g/mol. The smallest absolute Gasteiger partial charge is 0.309 e. The van der Waals surface area contributed by atoms with Gasteiger partial charge in [-0.2, -0.15) is 0 Å². The lowest BCUT2D eigenvalue weighted by Crippen LogP contribution is -2.30. The molecule has 0 heterocycles. The number of carbonyl (C=O) groups excluding carboxylic acids is 2. The number of aliphatic hydroxyl groups excluding tert-OH is 1. The van der Waals surface area contributed by atoms with Gasteiger partial charge < -0.3 is 10.2 Å². The molecular formula is C34H54O5. The van der Waals surface area contributed by atoms with Crippen molar-refractivity contribution in [2.24, 2.45) is 27.6 Å². The van der Waals surface area contributed by atoms with Gasteiger partial charge in [0.25, 0.3) is 0 Å². The molecule has 39 heavy (non-hydrogen) atoms. The van der Waals surface area contributed by atoms with Gasteiger partial charge in [0.2, 0.25) is 0 Å². The van der Waals surface area contributed by atoms with Crippen molar-refractivity contribution < 1.29 is 24.6 Å². The van der Waals surface area contributed by atoms with E-state index in [1.807, 2.05) is 0 Å². The van der Waals surface area contributed by atoms with Gasteiger partial charge in [-0.25, -0.2) is 0 Å². The van der Waals surface area contributed by atoms with Crippen LogP contribution in [0.15, 0.2) is 34.9 Å². The van der Waals surface area contributed by atoms with E-state index >= 15 is 0 Å². The average molecular weight is 543 g/mol. The normalized spacial score (nSPS) is 21.4. The zero-order chi connectivity index (χ0) is 29.6. The number of ketones is 2. The summed E-state index contributed by atoms with van der Waals surface area (Å²) in [6.45, 7) is 16.4. The van der Waals surface area contributed by atoms with Crippen molar-refractivity contribution in [1.29, 1.82) is 0 Å². The lowest BCUT2D eigenvalue weighted by atomic mass is 9.70. The molecule has 0 radical (unpaired) electrons. The van der Waals surface area contributed by atoms with Gasteiger partial charge in [0, 0.05) is 17.9 Å². The first-order valence-electron chi connectivity index (χ1n) is 15.0. The maximum Gasteiger partial charge on any atom is 0.309 e. The van der Waals surface area contributed by atoms with Gasteiger partial charge in [0.15, 0.2) is 11.6 Å². The summed E-state index contributed by atoms with van der Waals surface area (Å²) < 4.78 is 0. The Morgan fingerprint density at radius 3 is 1.95 bits per heavy atom. The van der Waals surface area contributed by atoms with Crippen molar-refractivity contribution in [3.63, 3.8) is 0 Å². The Balaban J connectivity index is 1.98. The summed E-state index contributed by atoms with van der Waals surface area (Å²) in [7, 11) is 0. The monoisotopic (exact) mass is 542 g/mol. The molecule has 2 rings (SSSR count). The molecule has 0 saturated carbocycles. The van der Waals surface area contributed by atoms with E-state index in [9.17, 15) is 24.6 Å². The molecule has 0 aromatic rings. The number of aliphatic carboxylic acids is 1. The predicted octanol–water partition coefficient (Wildman–Crippen LogP) is 8.02. The van der Waals surface area contributed by atoms with Gasteiger partial charge in [-0.3, -0.25) is 14.4 Å². The van der Waals surface area contributed by atoms with E-state index in [0.29, 0.717) is 25.7 Å². The Morgan fingerprint density at radius 2 is 1.38 bits per heavy atom. The van der Waals surface area contributed by atoms with E-state index in [0.717, 1.165) is 61.7 Å². The summed E-state index contributed by atoms with van der Waals surface area (Å²) >= 11 is 0. The fraction of sp³-hybridized carbons (Fsp3) is 0.735. The molecule has 2 aliphatic rings. The number of Topliss-reactive ketones (excluding diaryl/α,β-unsaturated/α-hetero) is 2. The van der Waals surface area contributed by atoms with Crippen molar-refractivity contribution in [3.05, 3.63) is 34.9 Å². The van der Waals surface area contributed by atoms with E-state index in [4.69, 9.17) is 0 Å². The number of aliphatic hydroxyl groups is 1. The molecule has 5 nitrogen and oxygen atoms in total. The molecule has 1 unspecified atom stereocenters. The first-order valence-corrected chi connectivity index (χ1v) is 15.0. The molecule has 0 spiro atoms. The third kappa shape index (κ3) is 10.2. The lowest BCUT2D eigenvalue weighted by molar-refractivity contribution is -0.147. The summed E-state index contributed by atoms with van der Waals surface area (Å²) in [5.41, 5.74) is 1.51. The molecule has 0 fully saturated rings. The third-order valence-electron chi connectivity index (χ3n) is 8.52. The molecule has 0 saturated heterocycles. The van der Waals surface area contributed by atoms with E-state index in [1.165, 1.54) is 0 Å². The number of carbonyl (C=O) groups is 3. The molecule has 0 amide bonds. The van der Waals surface area contributed by atoms with Crippen molar-refractivity contribution >= 4 is 17.5 Å². The van der Waals surface area contributed by atoms with Crippen molar-refractivity contribution in [2.45, 2.75) is 126 Å². The Bertz CT molecular complexity index is 1000. The van der Waals surface area contributed by atoms with Crippen LogP contribution in [0.2, 0.25) is 0 Å². The van der Waals surface area contributed by atoms with Gasteiger partial charge in [-0.15, -0.1) is 0 Å². The van der Waals surface area contributed by atoms with Gasteiger partial charge in [0.05, 0.1) is 5.41 Å². The Labute approximate surface area is 237 Å². The van der Waals surface area contributed by atoms with Crippen molar-refractivity contribution in [1.82, 2.24) is 0 Å². The minimum Gasteiger partial charge on any atom is -0.481 e. The van der Waals surface area contributed by atoms with Crippen LogP contribution in [0.25, 0.3) is 0 Å². The largest absolute Gasteiger partial charge is 0.481 e. The van der Waals surface area contributed by atoms with Crippen molar-refractivity contribution in [3.8, 4) is 0 Å². The van der Waals surface area contributed by atoms with Gasteiger partial charge in [-0.1, -0.05) is 72.6 Å². The molecule has 220 valence electrons. The average Bonchev–Trinajstić information content (AvgIpc) is 2.82. The molecule has 0 aliphatic heterocycles. The minimum atomic E-state index is -0.782. The van der Waals surface area contributed by atoms with Crippen LogP contribution in [0.5, 0.6) is 0 Å². The summed E-state index contributed by atoms with van der Waals surface area (Å²) in [6, 6.07) is 0. The fourth-order valence-corrected chi connectivity index (χ4v) is 5.99. The summed E-state index contributed by atoms with van der Waals surface area (Å²) in [4.78, 5) is 38.2. The molecule has 0 aromatic carbocycles. The second-order valence-corrected chi connectivity index (χ2v) is 14.9. The highest BCUT2D eigenvalue weighted by atomic mass is 16.4. The number of allylic oxidation sites excluding steroid dienone is 6. The minimum absolute atomic E-state index is 0.0775. The van der Waals surface area contributed by atoms with E-state index in [2.05, 4.69) is 59.8 Å². The maximum absolute atomic E-state index is 13.4. The second kappa shape index (κ2) is 13.1. The van der Waals surface area contributed by atoms with E-state index in [-0.39, 0.29) is 40.3 Å². The van der Waals surface area contributed by atoms with Crippen molar-refractivity contribution in [2.75, 3.05) is 6.61 Å². The van der Waals surface area contributed by atoms with Gasteiger partial charge in [-0.05, 0) is 99.2 Å². The first-order chi connectivity index (χ1) is 17.9. The van der Waals surface area contributed by atoms with Crippen LogP contribution in [-0.4, -0.2) is 34.4 Å². The van der Waals surface area contributed by atoms with Crippen LogP contribution in [0, 0.1) is 27.6 Å². The highest BCUT2D eigenvalue weighted by Gasteiger charge is 2.35. The molecule has 2 aliphatic carbocycles. The summed E-state index contributed by atoms with van der Waals surface area (Å²) in [5.74, 6) is -0.537. The molecule has 0 aromatic heterocycles. The standard InChI is InChI=1S/C34H54O5/c1-31(2,23-35)17-11-9-13-24-19-32(3,4)21-26(28(24)36)15-16-27-22-33(5,6)20-25(29(27)37)14-10-12-18-34(7,8)30(38)39/h19-21,27,35H,9-18,22-23H2,1-8H3,(H,38,39). The van der Waals surface area contributed by atoms with Gasteiger partial charge in [0.1, 0.15) is 0 Å². The first kappa shape index (κ1) is 33.2. The van der Waals surface area contributed by atoms with Crippen LogP contribution >= 0.6 is 0 Å². The van der Waals surface area contributed by atoms with E-state index in [1.54, 1.807) is 13.8 Å². The van der Waals surface area contributed by atoms with E-state index < -0.39 is 11.4 Å². The lowest BCUT2D eigenvalue weighted by Gasteiger charge is -2.33. The van der Waals surface area contributed by atoms with Crippen LogP contribution in [0.4, 0.5) is 0 Å². The molecule has 1 atom stereocenters. The molecule has 2 N–H and O–H groups in total. The number of carboxylic acids is 1. The Morgan fingerprint density at radius 1 is 0.846 bits per heavy atom. The molecule has 5 heteroatoms. The summed E-state index contributed by atoms with van der Waals surface area (Å²) in [5, 5.41) is 18.9. The number of carboxylic acid groups (broad SMARTS) is 1. The quantitative estimate of drug-likeness (QED) is 0.204. The van der Waals surface area contributed by atoms with Crippen LogP contribution in [-0.2, 0) is 14.4 Å². The zero-order valence-corrected chi connectivity index (χ0v) is 25.9. The van der Waals surface area contributed by atoms with Crippen LogP contribution in [0.3, 0.4) is 0 Å². The number of hydrogen-bond acceptors (Lipinski definition) is 4. The number of hydrogen-bond donors (Lipinski definition) is 2. The highest BCUT2D eigenvalue weighted by Crippen LogP contribution is 2.41. The zero-order valence-electron chi connectivity index (χ0n) is 25.9. The predicted molar refractivity (Wildman–Crippen MR) is 158 cm³/mol. The van der Waals surface area contributed by atoms with Gasteiger partial charge >= 0.3 is 5.97 Å². The highest BCUT2D eigenvalue weighted by molar-refractivity contribution is 6.09.